The highest BCUT2D eigenvalue weighted by Gasteiger charge is 2.70. The Morgan fingerprint density at radius 1 is 1.35 bits per heavy atom. The first-order valence-corrected chi connectivity index (χ1v) is 7.93. The van der Waals surface area contributed by atoms with Gasteiger partial charge in [-0.15, -0.1) is 0 Å². The Hall–Kier alpha value is -2.44. The summed E-state index contributed by atoms with van der Waals surface area (Å²) in [6.45, 7) is 1.62. The van der Waals surface area contributed by atoms with Crippen LogP contribution in [0, 0.1) is 23.2 Å². The number of halogens is 3. The predicted molar refractivity (Wildman–Crippen MR) is 79.5 cm³/mol. The van der Waals surface area contributed by atoms with Crippen LogP contribution in [0.1, 0.15) is 24.5 Å². The van der Waals surface area contributed by atoms with E-state index in [0.29, 0.717) is 6.07 Å². The molecule has 6 nitrogen and oxygen atoms in total. The van der Waals surface area contributed by atoms with Gasteiger partial charge in [-0.3, -0.25) is 9.59 Å². The van der Waals surface area contributed by atoms with E-state index < -0.39 is 58.8 Å². The van der Waals surface area contributed by atoms with Gasteiger partial charge in [-0.1, -0.05) is 0 Å². The maximum Gasteiger partial charge on any atom is 0.417 e. The van der Waals surface area contributed by atoms with Gasteiger partial charge in [0.15, 0.2) is 0 Å². The summed E-state index contributed by atoms with van der Waals surface area (Å²) in [5, 5.41) is 18.9. The molecule has 3 saturated heterocycles. The maximum atomic E-state index is 13.2. The molecule has 1 N–H and O–H groups in total. The Kier molecular flexibility index (Phi) is 3.30. The lowest BCUT2D eigenvalue weighted by atomic mass is 9.73. The first-order valence-electron chi connectivity index (χ1n) is 7.93. The van der Waals surface area contributed by atoms with Crippen molar-refractivity contribution in [2.45, 2.75) is 37.3 Å². The fourth-order valence-corrected chi connectivity index (χ4v) is 4.40. The molecular weight excluding hydrogens is 353 g/mol. The average molecular weight is 366 g/mol. The summed E-state index contributed by atoms with van der Waals surface area (Å²) in [4.78, 5) is 26.3. The molecule has 3 heterocycles. The van der Waals surface area contributed by atoms with Gasteiger partial charge in [0, 0.05) is 6.42 Å². The number of hydrogen-bond donors (Lipinski definition) is 1. The van der Waals surface area contributed by atoms with Crippen molar-refractivity contribution in [1.82, 2.24) is 0 Å². The van der Waals surface area contributed by atoms with Crippen molar-refractivity contribution in [1.29, 1.82) is 5.26 Å². The van der Waals surface area contributed by atoms with Crippen LogP contribution in [0.15, 0.2) is 18.2 Å². The van der Waals surface area contributed by atoms with Crippen molar-refractivity contribution in [2.24, 2.45) is 11.8 Å². The van der Waals surface area contributed by atoms with Crippen LogP contribution in [0.4, 0.5) is 18.9 Å². The zero-order valence-corrected chi connectivity index (χ0v) is 13.4. The molecule has 0 saturated carbocycles. The van der Waals surface area contributed by atoms with Crippen LogP contribution in [0.25, 0.3) is 0 Å². The molecular formula is C17H13F3N2O4. The number of benzene rings is 1. The lowest BCUT2D eigenvalue weighted by Crippen LogP contribution is -2.42. The molecule has 5 atom stereocenters. The standard InChI is InChI=1S/C17H13F3N2O4/c1-16-5-10(23)13(26-16)11-12(16)15(25)22(14(11)24)8-3-2-7(6-21)9(4-8)17(18,19)20/h2-4,10-13,23H,5H2,1H3/t10-,11-,12+,13-,16+/m0/s1. The van der Waals surface area contributed by atoms with Gasteiger partial charge in [-0.25, -0.2) is 4.90 Å². The summed E-state index contributed by atoms with van der Waals surface area (Å²) in [6.07, 6.45) is -6.35. The molecule has 26 heavy (non-hydrogen) atoms. The highest BCUT2D eigenvalue weighted by atomic mass is 19.4. The number of nitrogens with zero attached hydrogens (tertiary/aromatic N) is 2. The number of alkyl halides is 3. The molecule has 2 amide bonds. The summed E-state index contributed by atoms with van der Waals surface area (Å²) in [7, 11) is 0. The number of amides is 2. The van der Waals surface area contributed by atoms with E-state index >= 15 is 0 Å². The fraction of sp³-hybridized carbons (Fsp3) is 0.471. The van der Waals surface area contributed by atoms with E-state index in [1.165, 1.54) is 6.07 Å². The van der Waals surface area contributed by atoms with E-state index in [4.69, 9.17) is 10.00 Å². The summed E-state index contributed by atoms with van der Waals surface area (Å²) >= 11 is 0. The Balaban J connectivity index is 1.78. The van der Waals surface area contributed by atoms with Gasteiger partial charge in [0.25, 0.3) is 0 Å². The molecule has 9 heteroatoms. The highest BCUT2D eigenvalue weighted by Crippen LogP contribution is 2.55. The second-order valence-corrected chi connectivity index (χ2v) is 7.02. The van der Waals surface area contributed by atoms with Crippen molar-refractivity contribution in [3.63, 3.8) is 0 Å². The summed E-state index contributed by atoms with van der Waals surface area (Å²) in [5.41, 5.74) is -3.06. The second-order valence-electron chi connectivity index (χ2n) is 7.02. The lowest BCUT2D eigenvalue weighted by Gasteiger charge is -2.27. The third-order valence-electron chi connectivity index (χ3n) is 5.45. The van der Waals surface area contributed by atoms with Crippen LogP contribution in [-0.2, 0) is 20.5 Å². The van der Waals surface area contributed by atoms with Gasteiger partial charge in [-0.05, 0) is 25.1 Å². The van der Waals surface area contributed by atoms with Crippen molar-refractivity contribution in [2.75, 3.05) is 4.90 Å². The smallest absolute Gasteiger partial charge is 0.390 e. The summed E-state index contributed by atoms with van der Waals surface area (Å²) < 4.78 is 45.2. The van der Waals surface area contributed by atoms with Gasteiger partial charge in [0.1, 0.15) is 0 Å². The van der Waals surface area contributed by atoms with Crippen molar-refractivity contribution < 1.29 is 32.6 Å². The summed E-state index contributed by atoms with van der Waals surface area (Å²) in [6, 6.07) is 4.18. The van der Waals surface area contributed by atoms with Crippen LogP contribution < -0.4 is 4.90 Å². The number of rotatable bonds is 1. The van der Waals surface area contributed by atoms with Gasteiger partial charge in [-0.2, -0.15) is 18.4 Å². The van der Waals surface area contributed by atoms with E-state index in [0.717, 1.165) is 17.0 Å². The van der Waals surface area contributed by atoms with Crippen LogP contribution in [0.2, 0.25) is 0 Å². The minimum absolute atomic E-state index is 0.187. The number of ether oxygens (including phenoxy) is 1. The third-order valence-corrected chi connectivity index (χ3v) is 5.45. The largest absolute Gasteiger partial charge is 0.417 e. The van der Waals surface area contributed by atoms with Crippen LogP contribution in [-0.4, -0.2) is 34.7 Å². The average Bonchev–Trinajstić information content (AvgIpc) is 3.12. The Morgan fingerprint density at radius 2 is 2.04 bits per heavy atom. The number of fused-ring (bicyclic) bond motifs is 5. The molecule has 0 radical (unpaired) electrons. The Morgan fingerprint density at radius 3 is 2.65 bits per heavy atom. The zero-order chi connectivity index (χ0) is 19.0. The molecule has 1 aromatic rings. The fourth-order valence-electron chi connectivity index (χ4n) is 4.40. The molecule has 2 bridgehead atoms. The molecule has 0 aromatic heterocycles. The zero-order valence-electron chi connectivity index (χ0n) is 13.4. The van der Waals surface area contributed by atoms with Crippen molar-refractivity contribution in [3.05, 3.63) is 29.3 Å². The maximum absolute atomic E-state index is 13.2. The molecule has 3 fully saturated rings. The van der Waals surface area contributed by atoms with E-state index in [-0.39, 0.29) is 12.1 Å². The molecule has 0 aliphatic carbocycles. The van der Waals surface area contributed by atoms with Gasteiger partial charge < -0.3 is 9.84 Å². The van der Waals surface area contributed by atoms with Crippen LogP contribution >= 0.6 is 0 Å². The predicted octanol–water partition coefficient (Wildman–Crippen LogP) is 1.60. The number of aliphatic hydroxyl groups is 1. The minimum atomic E-state index is -4.80. The first-order chi connectivity index (χ1) is 12.1. The van der Waals surface area contributed by atoms with Crippen molar-refractivity contribution >= 4 is 17.5 Å². The van der Waals surface area contributed by atoms with Crippen LogP contribution in [0.3, 0.4) is 0 Å². The number of nitriles is 1. The molecule has 3 aliphatic heterocycles. The lowest BCUT2D eigenvalue weighted by molar-refractivity contribution is -0.138. The van der Waals surface area contributed by atoms with E-state index in [1.54, 1.807) is 6.92 Å². The molecule has 3 aliphatic rings. The number of hydrogen-bond acceptors (Lipinski definition) is 5. The topological polar surface area (TPSA) is 90.6 Å². The first kappa shape index (κ1) is 17.0. The normalized spacial score (nSPS) is 35.8. The SMILES string of the molecule is C[C@]12C[C@H](O)[C@H](O1)[C@H]1C(=O)N(c3ccc(C#N)c(C(F)(F)F)c3)C(=O)[C@@H]12. The summed E-state index contributed by atoms with van der Waals surface area (Å²) in [5.74, 6) is -3.09. The van der Waals surface area contributed by atoms with Gasteiger partial charge in [0.2, 0.25) is 11.8 Å². The molecule has 0 spiro atoms. The Labute approximate surface area is 145 Å². The second kappa shape index (κ2) is 5.05. The van der Waals surface area contributed by atoms with Crippen LogP contribution in [0.5, 0.6) is 0 Å². The third kappa shape index (κ3) is 2.06. The van der Waals surface area contributed by atoms with Gasteiger partial charge in [0.05, 0.1) is 52.5 Å². The number of aliphatic hydroxyl groups excluding tert-OH is 1. The minimum Gasteiger partial charge on any atom is -0.390 e. The van der Waals surface area contributed by atoms with E-state index in [1.807, 2.05) is 0 Å². The highest BCUT2D eigenvalue weighted by molar-refractivity contribution is 6.23. The quantitative estimate of drug-likeness (QED) is 0.763. The number of carbonyl (C=O) groups excluding carboxylic acids is 2. The van der Waals surface area contributed by atoms with Crippen molar-refractivity contribution in [3.8, 4) is 6.07 Å². The molecule has 4 rings (SSSR count). The Bertz CT molecular complexity index is 878. The molecule has 0 unspecified atom stereocenters. The molecule has 136 valence electrons. The number of imide groups is 1. The van der Waals surface area contributed by atoms with E-state index in [2.05, 4.69) is 0 Å². The molecule has 1 aromatic carbocycles. The monoisotopic (exact) mass is 366 g/mol. The number of carbonyl (C=O) groups is 2. The van der Waals surface area contributed by atoms with E-state index in [9.17, 15) is 27.9 Å². The van der Waals surface area contributed by atoms with Gasteiger partial charge >= 0.3 is 6.18 Å². The number of anilines is 1.